The van der Waals surface area contributed by atoms with Crippen molar-refractivity contribution >= 4 is 18.1 Å². The van der Waals surface area contributed by atoms with Crippen LogP contribution in [0.15, 0.2) is 4.79 Å². The fourth-order valence-electron chi connectivity index (χ4n) is 1.11. The summed E-state index contributed by atoms with van der Waals surface area (Å²) >= 11 is 4.86. The number of H-pyrrole nitrogens is 2. The van der Waals surface area contributed by atoms with E-state index in [1.54, 1.807) is 0 Å². The lowest BCUT2D eigenvalue weighted by Crippen LogP contribution is -2.17. The van der Waals surface area contributed by atoms with Gasteiger partial charge in [0, 0.05) is 13.0 Å². The molecule has 0 saturated carbocycles. The first-order valence-electron chi connectivity index (χ1n) is 4.27. The molecule has 0 aliphatic heterocycles. The smallest absolute Gasteiger partial charge is 0.342 e. The van der Waals surface area contributed by atoms with Crippen LogP contribution in [0.25, 0.3) is 0 Å². The Morgan fingerprint density at radius 3 is 2.64 bits per heavy atom. The highest BCUT2D eigenvalue weighted by Gasteiger charge is 2.00. The maximum absolute atomic E-state index is 11.1. The third kappa shape index (κ3) is 2.84. The molecule has 0 atom stereocenters. The lowest BCUT2D eigenvalue weighted by atomic mass is 10.2. The zero-order valence-corrected chi connectivity index (χ0v) is 8.39. The van der Waals surface area contributed by atoms with Crippen molar-refractivity contribution in [3.8, 4) is 0 Å². The van der Waals surface area contributed by atoms with E-state index in [0.29, 0.717) is 30.6 Å². The van der Waals surface area contributed by atoms with Crippen molar-refractivity contribution in [1.82, 2.24) is 14.8 Å². The molecule has 0 radical (unpaired) electrons. The lowest BCUT2D eigenvalue weighted by molar-refractivity contribution is -0.118. The number of carbonyl (C=O) groups excluding carboxylic acids is 1. The van der Waals surface area contributed by atoms with Gasteiger partial charge in [0.15, 0.2) is 4.77 Å². The van der Waals surface area contributed by atoms with E-state index in [1.165, 1.54) is 4.57 Å². The Balaban J connectivity index is 2.43. The van der Waals surface area contributed by atoms with Crippen molar-refractivity contribution in [3.05, 3.63) is 15.3 Å². The fraction of sp³-hybridized carbons (Fsp3) is 0.571. The molecule has 0 bridgehead atoms. The Kier molecular flexibility index (Phi) is 3.63. The van der Waals surface area contributed by atoms with Gasteiger partial charge in [-0.3, -0.25) is 14.5 Å². The zero-order valence-electron chi connectivity index (χ0n) is 7.58. The second-order valence-corrected chi connectivity index (χ2v) is 3.32. The van der Waals surface area contributed by atoms with Crippen LogP contribution >= 0.6 is 12.2 Å². The van der Waals surface area contributed by atoms with E-state index in [1.807, 2.05) is 0 Å². The molecule has 0 fully saturated rings. The molecule has 4 N–H and O–H groups in total. The van der Waals surface area contributed by atoms with Crippen LogP contribution in [0.3, 0.4) is 0 Å². The topological polar surface area (TPSA) is 96.7 Å². The van der Waals surface area contributed by atoms with Crippen molar-refractivity contribution in [2.75, 3.05) is 0 Å². The Hall–Kier alpha value is -1.37. The van der Waals surface area contributed by atoms with Gasteiger partial charge >= 0.3 is 5.69 Å². The maximum atomic E-state index is 11.1. The van der Waals surface area contributed by atoms with Gasteiger partial charge in [0.25, 0.3) is 0 Å². The highest BCUT2D eigenvalue weighted by atomic mass is 32.1. The number of hydrogen-bond acceptors (Lipinski definition) is 3. The Morgan fingerprint density at radius 1 is 1.43 bits per heavy atom. The molecular formula is C7H12N4O2S. The molecule has 78 valence electrons. The number of nitrogens with zero attached hydrogens (tertiary/aromatic N) is 1. The van der Waals surface area contributed by atoms with E-state index >= 15 is 0 Å². The van der Waals surface area contributed by atoms with Crippen LogP contribution in [-0.2, 0) is 11.3 Å². The van der Waals surface area contributed by atoms with Crippen LogP contribution in [0.5, 0.6) is 0 Å². The molecule has 1 aromatic rings. The van der Waals surface area contributed by atoms with Gasteiger partial charge < -0.3 is 5.73 Å². The Bertz CT molecular complexity index is 388. The molecule has 1 aromatic heterocycles. The second-order valence-electron chi connectivity index (χ2n) is 2.94. The van der Waals surface area contributed by atoms with Crippen LogP contribution in [0.1, 0.15) is 19.3 Å². The van der Waals surface area contributed by atoms with E-state index in [9.17, 15) is 9.59 Å². The third-order valence-corrected chi connectivity index (χ3v) is 2.14. The van der Waals surface area contributed by atoms with Gasteiger partial charge in [-0.2, -0.15) is 0 Å². The SMILES string of the molecule is NC(=O)CCCCn1c(=O)[nH][nH]c1=S. The molecule has 1 heterocycles. The molecule has 1 amide bonds. The van der Waals surface area contributed by atoms with Gasteiger partial charge in [-0.1, -0.05) is 0 Å². The molecule has 0 aliphatic carbocycles. The van der Waals surface area contributed by atoms with Gasteiger partial charge in [0.1, 0.15) is 0 Å². The van der Waals surface area contributed by atoms with Crippen LogP contribution < -0.4 is 11.4 Å². The Labute approximate surface area is 85.1 Å². The molecule has 0 saturated heterocycles. The first-order valence-corrected chi connectivity index (χ1v) is 4.68. The van der Waals surface area contributed by atoms with Gasteiger partial charge in [-0.05, 0) is 25.1 Å². The minimum absolute atomic E-state index is 0.255. The van der Waals surface area contributed by atoms with Gasteiger partial charge in [0.2, 0.25) is 5.91 Å². The molecule has 7 heteroatoms. The molecule has 14 heavy (non-hydrogen) atoms. The summed E-state index contributed by atoms with van der Waals surface area (Å²) in [6, 6.07) is 0. The third-order valence-electron chi connectivity index (χ3n) is 1.82. The zero-order chi connectivity index (χ0) is 10.6. The largest absolute Gasteiger partial charge is 0.370 e. The highest BCUT2D eigenvalue weighted by molar-refractivity contribution is 7.71. The van der Waals surface area contributed by atoms with Crippen molar-refractivity contribution in [3.63, 3.8) is 0 Å². The number of primary amides is 1. The monoisotopic (exact) mass is 216 g/mol. The van der Waals surface area contributed by atoms with Crippen LogP contribution in [0.4, 0.5) is 0 Å². The average molecular weight is 216 g/mol. The Morgan fingerprint density at radius 2 is 2.14 bits per heavy atom. The highest BCUT2D eigenvalue weighted by Crippen LogP contribution is 1.96. The number of nitrogens with one attached hydrogen (secondary N) is 2. The number of amides is 1. The number of aromatic amines is 2. The average Bonchev–Trinajstić information content (AvgIpc) is 2.42. The number of unbranched alkanes of at least 4 members (excludes halogenated alkanes) is 1. The number of rotatable bonds is 5. The first kappa shape index (κ1) is 10.7. The standard InChI is InChI=1S/C7H12N4O2S/c8-5(12)3-1-2-4-11-6(13)9-10-7(11)14/h1-4H2,(H2,8,12)(H,9,13)(H,10,14). The maximum Gasteiger partial charge on any atom is 0.342 e. The van der Waals surface area contributed by atoms with E-state index in [0.717, 1.165) is 0 Å². The number of aromatic nitrogens is 3. The van der Waals surface area contributed by atoms with Crippen molar-refractivity contribution in [2.24, 2.45) is 5.73 Å². The van der Waals surface area contributed by atoms with Crippen LogP contribution in [0, 0.1) is 4.77 Å². The molecule has 0 aliphatic rings. The van der Waals surface area contributed by atoms with Crippen molar-refractivity contribution in [1.29, 1.82) is 0 Å². The molecule has 0 aromatic carbocycles. The number of hydrogen-bond donors (Lipinski definition) is 3. The van der Waals surface area contributed by atoms with Crippen molar-refractivity contribution in [2.45, 2.75) is 25.8 Å². The summed E-state index contributed by atoms with van der Waals surface area (Å²) < 4.78 is 1.78. The van der Waals surface area contributed by atoms with Gasteiger partial charge in [-0.15, -0.1) is 0 Å². The number of nitrogens with two attached hydrogens (primary N) is 1. The van der Waals surface area contributed by atoms with Crippen LogP contribution in [-0.4, -0.2) is 20.7 Å². The van der Waals surface area contributed by atoms with Gasteiger partial charge in [0.05, 0.1) is 0 Å². The van der Waals surface area contributed by atoms with E-state index < -0.39 is 0 Å². The summed E-state index contributed by atoms with van der Waals surface area (Å²) in [6.45, 7) is 0.505. The molecule has 0 unspecified atom stereocenters. The summed E-state index contributed by atoms with van der Waals surface area (Å²) in [5.41, 5.74) is 4.72. The first-order chi connectivity index (χ1) is 6.61. The molecule has 0 spiro atoms. The normalized spacial score (nSPS) is 10.3. The fourth-order valence-corrected chi connectivity index (χ4v) is 1.33. The van der Waals surface area contributed by atoms with Gasteiger partial charge in [-0.25, -0.2) is 9.89 Å². The van der Waals surface area contributed by atoms with E-state index in [-0.39, 0.29) is 11.6 Å². The molecule has 1 rings (SSSR count). The molecular weight excluding hydrogens is 204 g/mol. The molecule has 6 nitrogen and oxygen atoms in total. The van der Waals surface area contributed by atoms with Crippen LogP contribution in [0.2, 0.25) is 0 Å². The summed E-state index contributed by atoms with van der Waals surface area (Å²) in [5.74, 6) is -0.323. The summed E-state index contributed by atoms with van der Waals surface area (Å²) in [6.07, 6.45) is 1.72. The lowest BCUT2D eigenvalue weighted by Gasteiger charge is -1.98. The predicted octanol–water partition coefficient (Wildman–Crippen LogP) is -0.110. The van der Waals surface area contributed by atoms with E-state index in [2.05, 4.69) is 10.2 Å². The minimum Gasteiger partial charge on any atom is -0.370 e. The summed E-state index contributed by atoms with van der Waals surface area (Å²) in [4.78, 5) is 21.5. The number of carbonyl (C=O) groups is 1. The van der Waals surface area contributed by atoms with Crippen molar-refractivity contribution < 1.29 is 4.79 Å². The van der Waals surface area contributed by atoms with E-state index in [4.69, 9.17) is 18.0 Å². The summed E-state index contributed by atoms with van der Waals surface area (Å²) in [5, 5.41) is 4.91. The quantitative estimate of drug-likeness (QED) is 0.473. The predicted molar refractivity (Wildman–Crippen MR) is 53.3 cm³/mol. The summed E-state index contributed by atoms with van der Waals surface area (Å²) in [7, 11) is 0. The minimum atomic E-state index is -0.323. The second kappa shape index (κ2) is 4.75.